The van der Waals surface area contributed by atoms with Gasteiger partial charge in [-0.2, -0.15) is 4.98 Å². The molecule has 1 N–H and O–H groups in total. The Balaban J connectivity index is 1.80. The second-order valence-corrected chi connectivity index (χ2v) is 7.51. The summed E-state index contributed by atoms with van der Waals surface area (Å²) in [5.41, 5.74) is 4.44. The lowest BCUT2D eigenvalue weighted by molar-refractivity contribution is 0.220. The summed E-state index contributed by atoms with van der Waals surface area (Å²) >= 11 is 1.43. The van der Waals surface area contributed by atoms with Crippen molar-refractivity contribution in [2.45, 2.75) is 25.2 Å². The molecule has 1 atom stereocenters. The Hall–Kier alpha value is -3.00. The minimum Gasteiger partial charge on any atom is -0.496 e. The molecule has 0 saturated carbocycles. The number of hydrogen-bond acceptors (Lipinski definition) is 8. The molecule has 1 aliphatic heterocycles. The highest BCUT2D eigenvalue weighted by Gasteiger charge is 2.28. The molecule has 0 spiro atoms. The van der Waals surface area contributed by atoms with Gasteiger partial charge >= 0.3 is 0 Å². The molecule has 0 aliphatic carbocycles. The van der Waals surface area contributed by atoms with Crippen LogP contribution in [-0.4, -0.2) is 41.6 Å². The van der Waals surface area contributed by atoms with Crippen molar-refractivity contribution < 1.29 is 9.47 Å². The maximum Gasteiger partial charge on any atom is 0.247 e. The normalized spacial score (nSPS) is 14.6. The van der Waals surface area contributed by atoms with Crippen LogP contribution in [0.2, 0.25) is 0 Å². The average Bonchev–Trinajstić information content (AvgIpc) is 2.96. The van der Waals surface area contributed by atoms with Crippen LogP contribution >= 0.6 is 11.8 Å². The fraction of sp³-hybridized carbons (Fsp3) is 0.318. The van der Waals surface area contributed by atoms with Crippen molar-refractivity contribution in [3.05, 3.63) is 48.0 Å². The summed E-state index contributed by atoms with van der Waals surface area (Å²) in [5, 5.41) is 12.6. The van der Waals surface area contributed by atoms with Gasteiger partial charge in [-0.25, -0.2) is 0 Å². The van der Waals surface area contributed by atoms with E-state index in [9.17, 15) is 0 Å². The van der Waals surface area contributed by atoms with Crippen LogP contribution in [0.15, 0.2) is 47.6 Å². The van der Waals surface area contributed by atoms with Crippen molar-refractivity contribution >= 4 is 23.1 Å². The van der Waals surface area contributed by atoms with Gasteiger partial charge in [-0.15, -0.1) is 10.2 Å². The first-order valence-electron chi connectivity index (χ1n) is 9.92. The smallest absolute Gasteiger partial charge is 0.247 e. The maximum atomic E-state index is 6.33. The Bertz CT molecular complexity index is 1040. The molecule has 156 valence electrons. The molecule has 0 unspecified atom stereocenters. The van der Waals surface area contributed by atoms with E-state index in [1.807, 2.05) is 36.6 Å². The van der Waals surface area contributed by atoms with Crippen LogP contribution in [-0.2, 0) is 0 Å². The molecule has 2 aromatic carbocycles. The van der Waals surface area contributed by atoms with Crippen LogP contribution in [0, 0.1) is 0 Å². The van der Waals surface area contributed by atoms with Gasteiger partial charge in [-0.3, -0.25) is 0 Å². The maximum absolute atomic E-state index is 6.33. The second kappa shape index (κ2) is 8.79. The zero-order valence-corrected chi connectivity index (χ0v) is 18.4. The highest BCUT2D eigenvalue weighted by atomic mass is 32.2. The number of benzene rings is 2. The number of aromatic nitrogens is 3. The van der Waals surface area contributed by atoms with Crippen LogP contribution in [0.3, 0.4) is 0 Å². The molecule has 0 amide bonds. The molecular weight excluding hydrogens is 398 g/mol. The summed E-state index contributed by atoms with van der Waals surface area (Å²) in [5.74, 6) is 1.21. The van der Waals surface area contributed by atoms with E-state index in [1.165, 1.54) is 11.8 Å². The highest BCUT2D eigenvalue weighted by Crippen LogP contribution is 2.41. The van der Waals surface area contributed by atoms with Crippen LogP contribution in [0.5, 0.6) is 11.6 Å². The molecule has 0 bridgehead atoms. The van der Waals surface area contributed by atoms with E-state index in [0.29, 0.717) is 16.7 Å². The predicted molar refractivity (Wildman–Crippen MR) is 121 cm³/mol. The van der Waals surface area contributed by atoms with Crippen molar-refractivity contribution in [2.75, 3.05) is 36.7 Å². The molecule has 3 aromatic rings. The Kier molecular flexibility index (Phi) is 5.94. The predicted octanol–water partition coefficient (Wildman–Crippen LogP) is 4.62. The standard InChI is InChI=1S/C22H25N5O2S/c1-5-27(6-2)14-11-12-16(18(13-14)28-3)20-23-17-10-8-7-9-15(17)19-21(29-20)24-22(30-4)26-25-19/h7-13,20,23H,5-6H2,1-4H3/t20-/m0/s1. The summed E-state index contributed by atoms with van der Waals surface area (Å²) in [6.07, 6.45) is 1.43. The van der Waals surface area contributed by atoms with Crippen LogP contribution in [0.4, 0.5) is 11.4 Å². The average molecular weight is 424 g/mol. The van der Waals surface area contributed by atoms with Gasteiger partial charge < -0.3 is 19.7 Å². The quantitative estimate of drug-likeness (QED) is 0.576. The lowest BCUT2D eigenvalue weighted by atomic mass is 10.1. The molecule has 4 rings (SSSR count). The third-order valence-corrected chi connectivity index (χ3v) is 5.68. The largest absolute Gasteiger partial charge is 0.496 e. The summed E-state index contributed by atoms with van der Waals surface area (Å²) in [6, 6.07) is 14.1. The monoisotopic (exact) mass is 423 g/mol. The number of ether oxygens (including phenoxy) is 2. The summed E-state index contributed by atoms with van der Waals surface area (Å²) in [6.45, 7) is 6.14. The number of hydrogen-bond donors (Lipinski definition) is 1. The van der Waals surface area contributed by atoms with E-state index in [0.717, 1.165) is 41.3 Å². The molecular formula is C22H25N5O2S. The number of thioether (sulfide) groups is 1. The first-order valence-corrected chi connectivity index (χ1v) is 11.1. The van der Waals surface area contributed by atoms with E-state index >= 15 is 0 Å². The van der Waals surface area contributed by atoms with Crippen molar-refractivity contribution in [1.29, 1.82) is 0 Å². The molecule has 8 heteroatoms. The summed E-state index contributed by atoms with van der Waals surface area (Å²) < 4.78 is 12.1. The van der Waals surface area contributed by atoms with Crippen molar-refractivity contribution in [1.82, 2.24) is 15.2 Å². The van der Waals surface area contributed by atoms with Crippen molar-refractivity contribution in [3.8, 4) is 22.9 Å². The molecule has 30 heavy (non-hydrogen) atoms. The fourth-order valence-corrected chi connectivity index (χ4v) is 3.87. The highest BCUT2D eigenvalue weighted by molar-refractivity contribution is 7.98. The number of anilines is 2. The minimum absolute atomic E-state index is 0.451. The lowest BCUT2D eigenvalue weighted by Gasteiger charge is -2.25. The van der Waals surface area contributed by atoms with Gasteiger partial charge in [-0.1, -0.05) is 30.0 Å². The zero-order valence-electron chi connectivity index (χ0n) is 17.5. The van der Waals surface area contributed by atoms with Gasteiger partial charge in [0.25, 0.3) is 0 Å². The number of fused-ring (bicyclic) bond motifs is 3. The number of nitrogens with one attached hydrogen (secondary N) is 1. The molecule has 1 aliphatic rings. The molecule has 0 fully saturated rings. The topological polar surface area (TPSA) is 72.4 Å². The van der Waals surface area contributed by atoms with Crippen LogP contribution in [0.25, 0.3) is 11.3 Å². The Morgan fingerprint density at radius 1 is 1.13 bits per heavy atom. The molecule has 0 saturated heterocycles. The number of nitrogens with zero attached hydrogens (tertiary/aromatic N) is 4. The molecule has 0 radical (unpaired) electrons. The van der Waals surface area contributed by atoms with Gasteiger partial charge in [0.2, 0.25) is 17.3 Å². The first-order chi connectivity index (χ1) is 14.7. The molecule has 7 nitrogen and oxygen atoms in total. The van der Waals surface area contributed by atoms with E-state index in [-0.39, 0.29) is 0 Å². The minimum atomic E-state index is -0.487. The Morgan fingerprint density at radius 3 is 2.67 bits per heavy atom. The number of para-hydroxylation sites is 1. The van der Waals surface area contributed by atoms with Crippen molar-refractivity contribution in [3.63, 3.8) is 0 Å². The lowest BCUT2D eigenvalue weighted by Crippen LogP contribution is -2.22. The van der Waals surface area contributed by atoms with Gasteiger partial charge in [0.15, 0.2) is 5.69 Å². The third kappa shape index (κ3) is 3.75. The van der Waals surface area contributed by atoms with Gasteiger partial charge in [0.05, 0.1) is 12.7 Å². The zero-order chi connectivity index (χ0) is 21.1. The SMILES string of the molecule is CCN(CC)c1ccc([C@H]2Nc3ccccc3-c3nnc(SC)nc3O2)c(OC)c1. The molecule has 2 heterocycles. The van der Waals surface area contributed by atoms with Crippen LogP contribution in [0.1, 0.15) is 25.6 Å². The second-order valence-electron chi connectivity index (χ2n) is 6.74. The van der Waals surface area contributed by atoms with E-state index in [1.54, 1.807) is 7.11 Å². The number of methoxy groups -OCH3 is 1. The third-order valence-electron chi connectivity index (χ3n) is 5.14. The van der Waals surface area contributed by atoms with Gasteiger partial charge in [0, 0.05) is 36.1 Å². The first kappa shape index (κ1) is 20.3. The van der Waals surface area contributed by atoms with Crippen LogP contribution < -0.4 is 19.7 Å². The number of rotatable bonds is 6. The van der Waals surface area contributed by atoms with Gasteiger partial charge in [0.1, 0.15) is 5.75 Å². The van der Waals surface area contributed by atoms with Gasteiger partial charge in [-0.05, 0) is 38.3 Å². The fourth-order valence-electron chi connectivity index (χ4n) is 3.58. The van der Waals surface area contributed by atoms with E-state index in [2.05, 4.69) is 51.4 Å². The Labute approximate surface area is 180 Å². The van der Waals surface area contributed by atoms with E-state index in [4.69, 9.17) is 9.47 Å². The molecule has 1 aromatic heterocycles. The Morgan fingerprint density at radius 2 is 1.93 bits per heavy atom. The summed E-state index contributed by atoms with van der Waals surface area (Å²) in [7, 11) is 1.68. The van der Waals surface area contributed by atoms with Crippen molar-refractivity contribution in [2.24, 2.45) is 0 Å². The summed E-state index contributed by atoms with van der Waals surface area (Å²) in [4.78, 5) is 6.85. The van der Waals surface area contributed by atoms with E-state index < -0.39 is 6.23 Å².